The zero-order chi connectivity index (χ0) is 13.2. The molecule has 0 saturated carbocycles. The topological polar surface area (TPSA) is 92.2 Å². The van der Waals surface area contributed by atoms with Crippen molar-refractivity contribution in [3.63, 3.8) is 0 Å². The Hall–Kier alpha value is -2.11. The number of nitrogens with zero attached hydrogens (tertiary/aromatic N) is 1. The summed E-state index contributed by atoms with van der Waals surface area (Å²) < 4.78 is 1.09. The number of allylic oxidation sites excluding steroid dienone is 1. The van der Waals surface area contributed by atoms with Crippen LogP contribution in [0.5, 0.6) is 0 Å². The number of hydrogen-bond acceptors (Lipinski definition) is 3. The van der Waals surface area contributed by atoms with Crippen LogP contribution in [0, 0.1) is 13.8 Å². The number of H-pyrrole nitrogens is 1. The molecule has 0 amide bonds. The van der Waals surface area contributed by atoms with Crippen molar-refractivity contribution < 1.29 is 9.90 Å². The SMILES string of the molecule is CC(=CCn1[nH]c(=O)c(C)c(C)c1=O)C(=O)O. The quantitative estimate of drug-likeness (QED) is 0.735. The Labute approximate surface area is 97.2 Å². The van der Waals surface area contributed by atoms with E-state index in [1.54, 1.807) is 13.8 Å². The smallest absolute Gasteiger partial charge is 0.331 e. The Morgan fingerprint density at radius 3 is 2.47 bits per heavy atom. The average molecular weight is 238 g/mol. The van der Waals surface area contributed by atoms with Gasteiger partial charge in [0.25, 0.3) is 11.1 Å². The number of aliphatic carboxylic acids is 1. The van der Waals surface area contributed by atoms with Gasteiger partial charge in [-0.3, -0.25) is 14.7 Å². The van der Waals surface area contributed by atoms with Crippen LogP contribution in [0.25, 0.3) is 0 Å². The van der Waals surface area contributed by atoms with Crippen LogP contribution in [0.1, 0.15) is 18.1 Å². The third-order valence-corrected chi connectivity index (χ3v) is 2.62. The Bertz CT molecular complexity index is 592. The van der Waals surface area contributed by atoms with Crippen LogP contribution in [0.3, 0.4) is 0 Å². The number of nitrogens with one attached hydrogen (secondary N) is 1. The lowest BCUT2D eigenvalue weighted by molar-refractivity contribution is -0.132. The van der Waals surface area contributed by atoms with Crippen LogP contribution in [0.4, 0.5) is 0 Å². The molecule has 6 heteroatoms. The summed E-state index contributed by atoms with van der Waals surface area (Å²) in [5.74, 6) is -1.05. The molecule has 0 aliphatic rings. The summed E-state index contributed by atoms with van der Waals surface area (Å²) in [6.07, 6.45) is 1.37. The summed E-state index contributed by atoms with van der Waals surface area (Å²) in [6.45, 7) is 4.59. The van der Waals surface area contributed by atoms with Gasteiger partial charge in [0.05, 0.1) is 6.54 Å². The molecule has 92 valence electrons. The maximum atomic E-state index is 11.7. The Morgan fingerprint density at radius 1 is 1.35 bits per heavy atom. The molecule has 0 aliphatic carbocycles. The first-order chi connectivity index (χ1) is 7.84. The molecule has 0 saturated heterocycles. The molecule has 0 aromatic carbocycles. The predicted molar refractivity (Wildman–Crippen MR) is 62.2 cm³/mol. The molecule has 0 aliphatic heterocycles. The van der Waals surface area contributed by atoms with E-state index in [9.17, 15) is 14.4 Å². The highest BCUT2D eigenvalue weighted by atomic mass is 16.4. The lowest BCUT2D eigenvalue weighted by Gasteiger charge is -2.05. The average Bonchev–Trinajstić information content (AvgIpc) is 2.28. The Balaban J connectivity index is 3.19. The molecule has 1 heterocycles. The van der Waals surface area contributed by atoms with Crippen molar-refractivity contribution in [3.8, 4) is 0 Å². The van der Waals surface area contributed by atoms with Crippen molar-refractivity contribution >= 4 is 5.97 Å². The number of hydrogen-bond donors (Lipinski definition) is 2. The highest BCUT2D eigenvalue weighted by Crippen LogP contribution is 1.94. The molecule has 0 radical (unpaired) electrons. The van der Waals surface area contributed by atoms with Gasteiger partial charge < -0.3 is 5.11 Å². The van der Waals surface area contributed by atoms with E-state index in [1.807, 2.05) is 0 Å². The predicted octanol–water partition coefficient (Wildman–Crippen LogP) is 0.184. The number of aromatic amines is 1. The van der Waals surface area contributed by atoms with Gasteiger partial charge in [0.2, 0.25) is 0 Å². The van der Waals surface area contributed by atoms with Gasteiger partial charge in [-0.25, -0.2) is 9.48 Å². The molecule has 1 aromatic heterocycles. The maximum absolute atomic E-state index is 11.7. The summed E-state index contributed by atoms with van der Waals surface area (Å²) >= 11 is 0. The summed E-state index contributed by atoms with van der Waals surface area (Å²) in [7, 11) is 0. The summed E-state index contributed by atoms with van der Waals surface area (Å²) in [5.41, 5.74) is 0.205. The van der Waals surface area contributed by atoms with E-state index in [0.717, 1.165) is 4.68 Å². The first-order valence-electron chi connectivity index (χ1n) is 5.05. The molecule has 1 aromatic rings. The fraction of sp³-hybridized carbons (Fsp3) is 0.364. The second kappa shape index (κ2) is 4.82. The van der Waals surface area contributed by atoms with Crippen molar-refractivity contribution in [2.75, 3.05) is 0 Å². The monoisotopic (exact) mass is 238 g/mol. The number of carboxylic acids is 1. The molecule has 0 atom stereocenters. The summed E-state index contributed by atoms with van der Waals surface area (Å²) in [5, 5.41) is 11.0. The molecule has 0 unspecified atom stereocenters. The second-order valence-electron chi connectivity index (χ2n) is 3.80. The normalized spacial score (nSPS) is 11.6. The van der Waals surface area contributed by atoms with Gasteiger partial charge in [0.1, 0.15) is 0 Å². The lowest BCUT2D eigenvalue weighted by atomic mass is 10.2. The summed E-state index contributed by atoms with van der Waals surface area (Å²) in [6, 6.07) is 0. The van der Waals surface area contributed by atoms with Crippen molar-refractivity contribution in [1.29, 1.82) is 0 Å². The van der Waals surface area contributed by atoms with Gasteiger partial charge in [-0.1, -0.05) is 6.08 Å². The summed E-state index contributed by atoms with van der Waals surface area (Å²) in [4.78, 5) is 33.7. The van der Waals surface area contributed by atoms with Crippen LogP contribution in [0.2, 0.25) is 0 Å². The first kappa shape index (κ1) is 13.0. The van der Waals surface area contributed by atoms with Crippen molar-refractivity contribution in [2.24, 2.45) is 0 Å². The van der Waals surface area contributed by atoms with Crippen LogP contribution < -0.4 is 11.1 Å². The van der Waals surface area contributed by atoms with Crippen molar-refractivity contribution in [3.05, 3.63) is 43.5 Å². The fourth-order valence-corrected chi connectivity index (χ4v) is 1.23. The molecule has 1 rings (SSSR count). The van der Waals surface area contributed by atoms with E-state index >= 15 is 0 Å². The highest BCUT2D eigenvalue weighted by molar-refractivity contribution is 5.85. The lowest BCUT2D eigenvalue weighted by Crippen LogP contribution is -2.33. The highest BCUT2D eigenvalue weighted by Gasteiger charge is 2.06. The maximum Gasteiger partial charge on any atom is 0.331 e. The minimum absolute atomic E-state index is 0.0350. The van der Waals surface area contributed by atoms with Gasteiger partial charge in [-0.05, 0) is 20.8 Å². The zero-order valence-electron chi connectivity index (χ0n) is 9.90. The van der Waals surface area contributed by atoms with E-state index in [-0.39, 0.29) is 23.2 Å². The molecule has 6 nitrogen and oxygen atoms in total. The second-order valence-corrected chi connectivity index (χ2v) is 3.80. The van der Waals surface area contributed by atoms with Gasteiger partial charge in [0, 0.05) is 16.7 Å². The standard InChI is InChI=1S/C11H14N2O4/c1-6(11(16)17)4-5-13-10(15)8(3)7(2)9(14)12-13/h4H,5H2,1-3H3,(H,12,14)(H,16,17). The van der Waals surface area contributed by atoms with Crippen LogP contribution in [-0.2, 0) is 11.3 Å². The van der Waals surface area contributed by atoms with Crippen molar-refractivity contribution in [1.82, 2.24) is 9.78 Å². The number of aromatic nitrogens is 2. The van der Waals surface area contributed by atoms with Crippen LogP contribution in [-0.4, -0.2) is 20.9 Å². The zero-order valence-corrected chi connectivity index (χ0v) is 9.90. The molecule has 0 fully saturated rings. The third kappa shape index (κ3) is 2.72. The molecule has 17 heavy (non-hydrogen) atoms. The Kier molecular flexibility index (Phi) is 3.67. The van der Waals surface area contributed by atoms with Crippen molar-refractivity contribution in [2.45, 2.75) is 27.3 Å². The molecule has 0 bridgehead atoms. The number of carboxylic acid groups (broad SMARTS) is 1. The van der Waals surface area contributed by atoms with E-state index in [0.29, 0.717) is 11.1 Å². The van der Waals surface area contributed by atoms with E-state index in [2.05, 4.69) is 5.10 Å². The van der Waals surface area contributed by atoms with Gasteiger partial charge in [-0.2, -0.15) is 0 Å². The van der Waals surface area contributed by atoms with Gasteiger partial charge in [0.15, 0.2) is 0 Å². The molecular weight excluding hydrogens is 224 g/mol. The minimum atomic E-state index is -1.05. The first-order valence-corrected chi connectivity index (χ1v) is 5.05. The minimum Gasteiger partial charge on any atom is -0.478 e. The molecule has 2 N–H and O–H groups in total. The molecular formula is C11H14N2O4. The van der Waals surface area contributed by atoms with Crippen LogP contribution >= 0.6 is 0 Å². The number of carbonyl (C=O) groups is 1. The number of rotatable bonds is 3. The van der Waals surface area contributed by atoms with E-state index in [1.165, 1.54) is 13.0 Å². The van der Waals surface area contributed by atoms with E-state index < -0.39 is 5.97 Å². The fourth-order valence-electron chi connectivity index (χ4n) is 1.23. The Morgan fingerprint density at radius 2 is 1.94 bits per heavy atom. The molecule has 0 spiro atoms. The largest absolute Gasteiger partial charge is 0.478 e. The van der Waals surface area contributed by atoms with Crippen LogP contribution in [0.15, 0.2) is 21.2 Å². The van der Waals surface area contributed by atoms with Gasteiger partial charge >= 0.3 is 5.97 Å². The van der Waals surface area contributed by atoms with E-state index in [4.69, 9.17) is 5.11 Å². The third-order valence-electron chi connectivity index (χ3n) is 2.62. The van der Waals surface area contributed by atoms with Gasteiger partial charge in [-0.15, -0.1) is 0 Å².